The first-order valence-electron chi connectivity index (χ1n) is 5.47. The Bertz CT molecular complexity index is 395. The van der Waals surface area contributed by atoms with E-state index in [0.29, 0.717) is 18.4 Å². The fourth-order valence-corrected chi connectivity index (χ4v) is 1.63. The Balaban J connectivity index is 2.15. The minimum atomic E-state index is -0.613. The van der Waals surface area contributed by atoms with Gasteiger partial charge in [0.1, 0.15) is 0 Å². The van der Waals surface area contributed by atoms with Gasteiger partial charge in [-0.2, -0.15) is 4.98 Å². The smallest absolute Gasteiger partial charge is 0.292 e. The van der Waals surface area contributed by atoms with E-state index in [1.807, 2.05) is 13.8 Å². The Kier molecular flexibility index (Phi) is 2.67. The van der Waals surface area contributed by atoms with Crippen LogP contribution in [-0.2, 0) is 5.54 Å². The van der Waals surface area contributed by atoms with E-state index >= 15 is 0 Å². The molecule has 1 aromatic rings. The van der Waals surface area contributed by atoms with Gasteiger partial charge in [0.15, 0.2) is 0 Å². The summed E-state index contributed by atoms with van der Waals surface area (Å²) < 4.78 is 5.05. The predicted octanol–water partition coefficient (Wildman–Crippen LogP) is 0.403. The standard InChI is InChI=1S/C10H16N4O2/c1-3-12-8(15)7-13-9(16-14-7)10(2,11)6-4-5-6/h6H,3-5,11H2,1-2H3,(H,12,15). The molecule has 0 aliphatic heterocycles. The van der Waals surface area contributed by atoms with Crippen LogP contribution in [0, 0.1) is 5.92 Å². The first-order chi connectivity index (χ1) is 7.55. The van der Waals surface area contributed by atoms with Crippen LogP contribution in [0.15, 0.2) is 4.52 Å². The molecule has 88 valence electrons. The van der Waals surface area contributed by atoms with Gasteiger partial charge in [0.25, 0.3) is 11.7 Å². The van der Waals surface area contributed by atoms with Gasteiger partial charge in [0.2, 0.25) is 5.89 Å². The maximum absolute atomic E-state index is 11.4. The molecule has 0 saturated heterocycles. The van der Waals surface area contributed by atoms with Crippen molar-refractivity contribution in [1.29, 1.82) is 0 Å². The first kappa shape index (κ1) is 11.1. The summed E-state index contributed by atoms with van der Waals surface area (Å²) in [5.41, 5.74) is 5.49. The fraction of sp³-hybridized carbons (Fsp3) is 0.700. The summed E-state index contributed by atoms with van der Waals surface area (Å²) in [6, 6.07) is 0. The molecule has 1 amide bonds. The van der Waals surface area contributed by atoms with Crippen LogP contribution in [0.3, 0.4) is 0 Å². The number of rotatable bonds is 4. The Morgan fingerprint density at radius 3 is 2.94 bits per heavy atom. The lowest BCUT2D eigenvalue weighted by Crippen LogP contribution is -2.36. The number of nitrogens with zero attached hydrogens (tertiary/aromatic N) is 2. The van der Waals surface area contributed by atoms with Crippen molar-refractivity contribution >= 4 is 5.91 Å². The number of amides is 1. The number of carbonyl (C=O) groups excluding carboxylic acids is 1. The number of aromatic nitrogens is 2. The van der Waals surface area contributed by atoms with E-state index in [0.717, 1.165) is 12.8 Å². The molecule has 0 bridgehead atoms. The van der Waals surface area contributed by atoms with Crippen molar-refractivity contribution in [2.45, 2.75) is 32.2 Å². The first-order valence-corrected chi connectivity index (χ1v) is 5.47. The Hall–Kier alpha value is -1.43. The predicted molar refractivity (Wildman–Crippen MR) is 56.6 cm³/mol. The van der Waals surface area contributed by atoms with Crippen molar-refractivity contribution in [3.8, 4) is 0 Å². The molecule has 1 unspecified atom stereocenters. The van der Waals surface area contributed by atoms with Crippen LogP contribution >= 0.6 is 0 Å². The van der Waals surface area contributed by atoms with Gasteiger partial charge < -0.3 is 15.6 Å². The maximum Gasteiger partial charge on any atom is 0.292 e. The lowest BCUT2D eigenvalue weighted by atomic mass is 9.97. The second-order valence-corrected chi connectivity index (χ2v) is 4.34. The molecule has 1 aromatic heterocycles. The van der Waals surface area contributed by atoms with Crippen LogP contribution in [0.1, 0.15) is 43.2 Å². The second kappa shape index (κ2) is 3.86. The van der Waals surface area contributed by atoms with Crippen molar-refractivity contribution in [2.75, 3.05) is 6.54 Å². The maximum atomic E-state index is 11.4. The highest BCUT2D eigenvalue weighted by Gasteiger charge is 2.44. The van der Waals surface area contributed by atoms with Gasteiger partial charge in [0, 0.05) is 6.54 Å². The van der Waals surface area contributed by atoms with E-state index in [1.54, 1.807) is 0 Å². The van der Waals surface area contributed by atoms with Crippen molar-refractivity contribution in [1.82, 2.24) is 15.5 Å². The highest BCUT2D eigenvalue weighted by molar-refractivity contribution is 5.90. The zero-order chi connectivity index (χ0) is 11.8. The molecule has 3 N–H and O–H groups in total. The Morgan fingerprint density at radius 2 is 2.38 bits per heavy atom. The summed E-state index contributed by atoms with van der Waals surface area (Å²) in [4.78, 5) is 15.5. The van der Waals surface area contributed by atoms with E-state index in [1.165, 1.54) is 0 Å². The second-order valence-electron chi connectivity index (χ2n) is 4.34. The molecule has 0 aromatic carbocycles. The van der Waals surface area contributed by atoms with Crippen LogP contribution in [0.4, 0.5) is 0 Å². The molecule has 16 heavy (non-hydrogen) atoms. The van der Waals surface area contributed by atoms with Crippen molar-refractivity contribution in [3.05, 3.63) is 11.7 Å². The number of carbonyl (C=O) groups is 1. The summed E-state index contributed by atoms with van der Waals surface area (Å²) in [6.07, 6.45) is 2.15. The van der Waals surface area contributed by atoms with E-state index in [2.05, 4.69) is 15.5 Å². The third kappa shape index (κ3) is 1.92. The summed E-state index contributed by atoms with van der Waals surface area (Å²) >= 11 is 0. The molecule has 0 spiro atoms. The largest absolute Gasteiger partial charge is 0.349 e. The van der Waals surface area contributed by atoms with E-state index in [-0.39, 0.29) is 11.7 Å². The summed E-state index contributed by atoms with van der Waals surface area (Å²) in [5, 5.41) is 6.24. The molecule has 1 fully saturated rings. The van der Waals surface area contributed by atoms with Crippen molar-refractivity contribution in [3.63, 3.8) is 0 Å². The van der Waals surface area contributed by atoms with Crippen LogP contribution in [0.5, 0.6) is 0 Å². The van der Waals surface area contributed by atoms with Crippen molar-refractivity contribution < 1.29 is 9.32 Å². The lowest BCUT2D eigenvalue weighted by Gasteiger charge is -2.18. The van der Waals surface area contributed by atoms with E-state index in [4.69, 9.17) is 10.3 Å². The number of nitrogens with two attached hydrogens (primary N) is 1. The van der Waals surface area contributed by atoms with Crippen LogP contribution in [-0.4, -0.2) is 22.6 Å². The molecule has 0 radical (unpaired) electrons. The molecule has 1 aliphatic carbocycles. The SMILES string of the molecule is CCNC(=O)c1noc(C(C)(N)C2CC2)n1. The topological polar surface area (TPSA) is 94.0 Å². The Labute approximate surface area is 93.6 Å². The minimum Gasteiger partial charge on any atom is -0.349 e. The zero-order valence-electron chi connectivity index (χ0n) is 9.49. The zero-order valence-corrected chi connectivity index (χ0v) is 9.49. The minimum absolute atomic E-state index is 0.0502. The Morgan fingerprint density at radius 1 is 1.69 bits per heavy atom. The average Bonchev–Trinajstić information content (AvgIpc) is 2.96. The van der Waals surface area contributed by atoms with Crippen molar-refractivity contribution in [2.24, 2.45) is 11.7 Å². The molecule has 2 rings (SSSR count). The average molecular weight is 224 g/mol. The van der Waals surface area contributed by atoms with E-state index < -0.39 is 5.54 Å². The normalized spacial score (nSPS) is 19.2. The number of hydrogen-bond donors (Lipinski definition) is 2. The highest BCUT2D eigenvalue weighted by atomic mass is 16.5. The summed E-state index contributed by atoms with van der Waals surface area (Å²) in [5.74, 6) is 0.449. The van der Waals surface area contributed by atoms with Crippen LogP contribution < -0.4 is 11.1 Å². The van der Waals surface area contributed by atoms with Gasteiger partial charge in [-0.3, -0.25) is 4.79 Å². The van der Waals surface area contributed by atoms with Gasteiger partial charge >= 0.3 is 0 Å². The molecular weight excluding hydrogens is 208 g/mol. The fourth-order valence-electron chi connectivity index (χ4n) is 1.63. The number of nitrogens with one attached hydrogen (secondary N) is 1. The molecule has 6 heteroatoms. The third-order valence-electron chi connectivity index (χ3n) is 2.85. The van der Waals surface area contributed by atoms with Gasteiger partial charge in [0.05, 0.1) is 5.54 Å². The van der Waals surface area contributed by atoms with Crippen LogP contribution in [0.2, 0.25) is 0 Å². The molecule has 1 heterocycles. The highest BCUT2D eigenvalue weighted by Crippen LogP contribution is 2.43. The van der Waals surface area contributed by atoms with Gasteiger partial charge in [-0.15, -0.1) is 0 Å². The quantitative estimate of drug-likeness (QED) is 0.772. The molecule has 1 atom stereocenters. The molecular formula is C10H16N4O2. The number of hydrogen-bond acceptors (Lipinski definition) is 5. The lowest BCUT2D eigenvalue weighted by molar-refractivity contribution is 0.0942. The third-order valence-corrected chi connectivity index (χ3v) is 2.85. The molecule has 6 nitrogen and oxygen atoms in total. The van der Waals surface area contributed by atoms with Gasteiger partial charge in [-0.05, 0) is 32.6 Å². The summed E-state index contributed by atoms with van der Waals surface area (Å²) in [6.45, 7) is 4.22. The summed E-state index contributed by atoms with van der Waals surface area (Å²) in [7, 11) is 0. The van der Waals surface area contributed by atoms with Gasteiger partial charge in [-0.1, -0.05) is 5.16 Å². The molecule has 1 saturated carbocycles. The van der Waals surface area contributed by atoms with Crippen LogP contribution in [0.25, 0.3) is 0 Å². The van der Waals surface area contributed by atoms with Gasteiger partial charge in [-0.25, -0.2) is 0 Å². The van der Waals surface area contributed by atoms with E-state index in [9.17, 15) is 4.79 Å². The monoisotopic (exact) mass is 224 g/mol. The molecule has 1 aliphatic rings.